The average Bonchev–Trinajstić information content (AvgIpc) is 2.96. The molecule has 0 unspecified atom stereocenters. The predicted octanol–water partition coefficient (Wildman–Crippen LogP) is 2.14. The topological polar surface area (TPSA) is 50.5 Å². The number of aliphatic imine (C=N–C) groups is 2. The summed E-state index contributed by atoms with van der Waals surface area (Å²) in [7, 11) is 0. The van der Waals surface area contributed by atoms with Crippen LogP contribution in [0.3, 0.4) is 0 Å². The summed E-state index contributed by atoms with van der Waals surface area (Å²) in [6.07, 6.45) is 7.10. The second kappa shape index (κ2) is 6.24. The molecule has 0 amide bonds. The first kappa shape index (κ1) is 11.1. The van der Waals surface area contributed by atoms with Crippen LogP contribution in [0, 0.1) is 0 Å². The van der Waals surface area contributed by atoms with Crippen molar-refractivity contribution in [3.05, 3.63) is 33.2 Å². The highest BCUT2D eigenvalue weighted by Gasteiger charge is 1.88. The van der Waals surface area contributed by atoms with Crippen LogP contribution in [0.25, 0.3) is 0 Å². The normalized spacial score (nSPS) is 11.8. The highest BCUT2D eigenvalue weighted by molar-refractivity contribution is 7.11. The van der Waals surface area contributed by atoms with Crippen LogP contribution in [-0.2, 0) is 0 Å². The first-order valence-electron chi connectivity index (χ1n) is 4.74. The molecule has 0 spiro atoms. The Kier molecular flexibility index (Phi) is 4.33. The second-order valence-electron chi connectivity index (χ2n) is 2.81. The van der Waals surface area contributed by atoms with Crippen molar-refractivity contribution in [2.24, 2.45) is 9.98 Å². The highest BCUT2D eigenvalue weighted by atomic mass is 32.1. The van der Waals surface area contributed by atoms with E-state index in [4.69, 9.17) is 0 Å². The summed E-state index contributed by atoms with van der Waals surface area (Å²) in [5, 5.41) is 5.73. The molecule has 0 saturated heterocycles. The number of hydrogen-bond donors (Lipinski definition) is 0. The minimum Gasteiger partial charge on any atom is -0.288 e. The first-order valence-corrected chi connectivity index (χ1v) is 6.50. The average molecular weight is 250 g/mol. The summed E-state index contributed by atoms with van der Waals surface area (Å²) in [6, 6.07) is 0. The lowest BCUT2D eigenvalue weighted by Crippen LogP contribution is -1.89. The lowest BCUT2D eigenvalue weighted by Gasteiger charge is -1.87. The fourth-order valence-corrected chi connectivity index (χ4v) is 2.03. The molecular weight excluding hydrogens is 240 g/mol. The molecule has 0 radical (unpaired) electrons. The Balaban J connectivity index is 1.69. The van der Waals surface area contributed by atoms with E-state index in [0.29, 0.717) is 13.1 Å². The van der Waals surface area contributed by atoms with E-state index in [9.17, 15) is 0 Å². The van der Waals surface area contributed by atoms with Crippen molar-refractivity contribution in [3.63, 3.8) is 0 Å². The molecule has 2 heterocycles. The Hall–Kier alpha value is -1.40. The molecule has 0 aliphatic heterocycles. The molecule has 0 atom stereocenters. The zero-order chi connectivity index (χ0) is 11.1. The zero-order valence-corrected chi connectivity index (χ0v) is 10.1. The van der Waals surface area contributed by atoms with Crippen molar-refractivity contribution in [3.8, 4) is 0 Å². The molecule has 0 saturated carbocycles. The number of aromatic nitrogens is 2. The van der Waals surface area contributed by atoms with Crippen molar-refractivity contribution in [2.45, 2.75) is 0 Å². The van der Waals surface area contributed by atoms with Crippen molar-refractivity contribution in [1.29, 1.82) is 0 Å². The van der Waals surface area contributed by atoms with Crippen LogP contribution in [0.2, 0.25) is 0 Å². The van der Waals surface area contributed by atoms with Gasteiger partial charge in [-0.05, 0) is 0 Å². The van der Waals surface area contributed by atoms with Gasteiger partial charge in [0.1, 0.15) is 10.0 Å². The van der Waals surface area contributed by atoms with Gasteiger partial charge in [0.15, 0.2) is 0 Å². The summed E-state index contributed by atoms with van der Waals surface area (Å²) in [4.78, 5) is 16.6. The molecule has 0 fully saturated rings. The third-order valence-corrected chi connectivity index (χ3v) is 3.08. The molecule has 0 aromatic carbocycles. The summed E-state index contributed by atoms with van der Waals surface area (Å²) in [5.41, 5.74) is 0. The Bertz CT molecular complexity index is 401. The van der Waals surface area contributed by atoms with E-state index in [-0.39, 0.29) is 0 Å². The fraction of sp³-hybridized carbons (Fsp3) is 0.200. The maximum atomic E-state index is 4.22. The van der Waals surface area contributed by atoms with Gasteiger partial charge >= 0.3 is 0 Å². The Morgan fingerprint density at radius 2 is 1.44 bits per heavy atom. The summed E-state index contributed by atoms with van der Waals surface area (Å²) in [6.45, 7) is 1.36. The standard InChI is InChI=1S/C10H10N4S2/c1(11-7-9-13-3-5-15-9)2-12-8-10-14-4-6-16-10/h3-8H,1-2H2/b11-7+,12-8+. The van der Waals surface area contributed by atoms with Crippen LogP contribution in [0.5, 0.6) is 0 Å². The van der Waals surface area contributed by atoms with Gasteiger partial charge in [-0.3, -0.25) is 9.98 Å². The van der Waals surface area contributed by atoms with Gasteiger partial charge < -0.3 is 0 Å². The van der Waals surface area contributed by atoms with Gasteiger partial charge in [0, 0.05) is 23.2 Å². The van der Waals surface area contributed by atoms with Gasteiger partial charge in [-0.25, -0.2) is 9.97 Å². The largest absolute Gasteiger partial charge is 0.288 e. The lowest BCUT2D eigenvalue weighted by atomic mass is 10.6. The molecule has 16 heavy (non-hydrogen) atoms. The van der Waals surface area contributed by atoms with Gasteiger partial charge in [-0.1, -0.05) is 0 Å². The fourth-order valence-electron chi connectivity index (χ4n) is 0.997. The van der Waals surface area contributed by atoms with Crippen molar-refractivity contribution in [1.82, 2.24) is 9.97 Å². The van der Waals surface area contributed by atoms with Gasteiger partial charge in [-0.15, -0.1) is 22.7 Å². The van der Waals surface area contributed by atoms with Crippen molar-refractivity contribution in [2.75, 3.05) is 13.1 Å². The molecule has 0 aliphatic carbocycles. The quantitative estimate of drug-likeness (QED) is 0.603. The van der Waals surface area contributed by atoms with Crippen LogP contribution >= 0.6 is 22.7 Å². The maximum absolute atomic E-state index is 4.22. The van der Waals surface area contributed by atoms with E-state index in [0.717, 1.165) is 10.0 Å². The second-order valence-corrected chi connectivity index (χ2v) is 4.66. The van der Waals surface area contributed by atoms with Crippen molar-refractivity contribution < 1.29 is 0 Å². The highest BCUT2D eigenvalue weighted by Crippen LogP contribution is 2.00. The molecule has 82 valence electrons. The molecule has 0 aliphatic rings. The molecule has 0 N–H and O–H groups in total. The Labute approximate surface area is 101 Å². The minimum atomic E-state index is 0.682. The molecule has 6 heteroatoms. The van der Waals surface area contributed by atoms with E-state index in [1.54, 1.807) is 47.5 Å². The van der Waals surface area contributed by atoms with Crippen LogP contribution in [0.4, 0.5) is 0 Å². The first-order chi connectivity index (χ1) is 7.95. The van der Waals surface area contributed by atoms with Crippen molar-refractivity contribution >= 4 is 35.1 Å². The third-order valence-electron chi connectivity index (χ3n) is 1.66. The number of rotatable bonds is 5. The summed E-state index contributed by atoms with van der Waals surface area (Å²) >= 11 is 3.16. The predicted molar refractivity (Wildman–Crippen MR) is 69.2 cm³/mol. The maximum Gasteiger partial charge on any atom is 0.133 e. The molecule has 4 nitrogen and oxygen atoms in total. The van der Waals surface area contributed by atoms with Gasteiger partial charge in [-0.2, -0.15) is 0 Å². The Morgan fingerprint density at radius 3 is 1.81 bits per heavy atom. The number of thiazole rings is 2. The summed E-state index contributed by atoms with van der Waals surface area (Å²) < 4.78 is 0. The third kappa shape index (κ3) is 3.63. The van der Waals surface area contributed by atoms with Crippen LogP contribution in [-0.4, -0.2) is 35.5 Å². The molecule has 2 aromatic heterocycles. The van der Waals surface area contributed by atoms with E-state index < -0.39 is 0 Å². The van der Waals surface area contributed by atoms with Crippen LogP contribution < -0.4 is 0 Å². The smallest absolute Gasteiger partial charge is 0.133 e. The molecular formula is C10H10N4S2. The van der Waals surface area contributed by atoms with E-state index in [2.05, 4.69) is 20.0 Å². The van der Waals surface area contributed by atoms with Crippen LogP contribution in [0.15, 0.2) is 33.1 Å². The van der Waals surface area contributed by atoms with Gasteiger partial charge in [0.05, 0.1) is 25.5 Å². The number of hydrogen-bond acceptors (Lipinski definition) is 6. The minimum absolute atomic E-state index is 0.682. The molecule has 2 aromatic rings. The van der Waals surface area contributed by atoms with Gasteiger partial charge in [0.2, 0.25) is 0 Å². The number of nitrogens with zero attached hydrogens (tertiary/aromatic N) is 4. The van der Waals surface area contributed by atoms with E-state index >= 15 is 0 Å². The van der Waals surface area contributed by atoms with E-state index in [1.807, 2.05) is 10.8 Å². The molecule has 0 bridgehead atoms. The SMILES string of the molecule is C(=N\CC/N=C/c1nccs1)/c1nccs1. The van der Waals surface area contributed by atoms with Gasteiger partial charge in [0.25, 0.3) is 0 Å². The Morgan fingerprint density at radius 1 is 0.938 bits per heavy atom. The molecule has 2 rings (SSSR count). The zero-order valence-electron chi connectivity index (χ0n) is 8.48. The lowest BCUT2D eigenvalue weighted by molar-refractivity contribution is 0.984. The summed E-state index contributed by atoms with van der Waals surface area (Å²) in [5.74, 6) is 0. The van der Waals surface area contributed by atoms with E-state index in [1.165, 1.54) is 0 Å². The van der Waals surface area contributed by atoms with Crippen LogP contribution in [0.1, 0.15) is 10.0 Å². The monoisotopic (exact) mass is 250 g/mol.